The Kier molecular flexibility index (Phi) is 5.66. The minimum atomic E-state index is 0.124. The molecule has 2 amide bonds. The molecule has 0 unspecified atom stereocenters. The predicted molar refractivity (Wildman–Crippen MR) is 94.7 cm³/mol. The van der Waals surface area contributed by atoms with E-state index in [1.54, 1.807) is 0 Å². The van der Waals surface area contributed by atoms with E-state index in [-0.39, 0.29) is 6.03 Å². The number of amides is 2. The molecule has 2 saturated heterocycles. The number of piperidine rings is 1. The molecule has 2 aliphatic rings. The number of thiophene rings is 1. The molecule has 2 fully saturated rings. The zero-order valence-corrected chi connectivity index (χ0v) is 14.8. The summed E-state index contributed by atoms with van der Waals surface area (Å²) in [5.74, 6) is 2.65. The van der Waals surface area contributed by atoms with Crippen LogP contribution in [0.15, 0.2) is 17.5 Å². The maximum absolute atomic E-state index is 12.3. The van der Waals surface area contributed by atoms with Gasteiger partial charge < -0.3 is 10.2 Å². The number of nitrogens with zero attached hydrogens (tertiary/aromatic N) is 2. The number of urea groups is 1. The van der Waals surface area contributed by atoms with Crippen LogP contribution in [-0.4, -0.2) is 60.6 Å². The van der Waals surface area contributed by atoms with Crippen molar-refractivity contribution in [1.29, 1.82) is 0 Å². The summed E-state index contributed by atoms with van der Waals surface area (Å²) >= 11 is 3.77. The number of rotatable bonds is 3. The molecule has 0 radical (unpaired) electrons. The van der Waals surface area contributed by atoms with Gasteiger partial charge in [-0.25, -0.2) is 4.79 Å². The van der Waals surface area contributed by atoms with Crippen LogP contribution < -0.4 is 5.32 Å². The smallest absolute Gasteiger partial charge is 0.317 e. The van der Waals surface area contributed by atoms with E-state index in [2.05, 4.69) is 34.8 Å². The van der Waals surface area contributed by atoms with E-state index >= 15 is 0 Å². The molecule has 1 N–H and O–H groups in total. The van der Waals surface area contributed by atoms with Gasteiger partial charge in [-0.05, 0) is 43.8 Å². The highest BCUT2D eigenvalue weighted by Gasteiger charge is 2.31. The minimum absolute atomic E-state index is 0.124. The lowest BCUT2D eigenvalue weighted by Gasteiger charge is -2.39. The molecule has 2 atom stereocenters. The molecule has 6 heteroatoms. The Balaban J connectivity index is 1.58. The molecule has 1 aromatic rings. The average Bonchev–Trinajstić information content (AvgIpc) is 3.07. The van der Waals surface area contributed by atoms with Gasteiger partial charge in [0.2, 0.25) is 0 Å². The van der Waals surface area contributed by atoms with Gasteiger partial charge in [0.15, 0.2) is 0 Å². The summed E-state index contributed by atoms with van der Waals surface area (Å²) in [5, 5.41) is 5.34. The predicted octanol–water partition coefficient (Wildman–Crippen LogP) is 2.89. The molecule has 3 heterocycles. The van der Waals surface area contributed by atoms with Gasteiger partial charge in [-0.1, -0.05) is 6.07 Å². The van der Waals surface area contributed by atoms with Crippen LogP contribution in [-0.2, 0) is 0 Å². The van der Waals surface area contributed by atoms with Crippen LogP contribution in [0.25, 0.3) is 0 Å². The normalized spacial score (nSPS) is 26.9. The van der Waals surface area contributed by atoms with Gasteiger partial charge in [0.05, 0.1) is 0 Å². The molecule has 0 aliphatic carbocycles. The number of carbonyl (C=O) groups is 1. The molecule has 0 spiro atoms. The topological polar surface area (TPSA) is 35.6 Å². The lowest BCUT2D eigenvalue weighted by molar-refractivity contribution is 0.121. The summed E-state index contributed by atoms with van der Waals surface area (Å²) in [6, 6.07) is 4.93. The van der Waals surface area contributed by atoms with Crippen LogP contribution in [0.2, 0.25) is 0 Å². The standard InChI is InChI=1S/C16H25N3OS2/c1-18-6-2-4-13(15(18)14-5-3-9-22-14)12-17-16(20)19-7-10-21-11-8-19/h3,5,9,13,15H,2,4,6-8,10-12H2,1H3,(H,17,20)/t13-,15-/m0/s1. The van der Waals surface area contributed by atoms with Crippen LogP contribution in [0.3, 0.4) is 0 Å². The van der Waals surface area contributed by atoms with Crippen LogP contribution in [0.1, 0.15) is 23.8 Å². The summed E-state index contributed by atoms with van der Waals surface area (Å²) in [7, 11) is 2.21. The lowest BCUT2D eigenvalue weighted by Crippen LogP contribution is -2.47. The van der Waals surface area contributed by atoms with Crippen molar-refractivity contribution in [3.05, 3.63) is 22.4 Å². The third-order valence-electron chi connectivity index (χ3n) is 4.66. The Morgan fingerprint density at radius 2 is 2.18 bits per heavy atom. The molecule has 122 valence electrons. The molecule has 22 heavy (non-hydrogen) atoms. The zero-order chi connectivity index (χ0) is 15.4. The largest absolute Gasteiger partial charge is 0.338 e. The van der Waals surface area contributed by atoms with Crippen molar-refractivity contribution in [3.63, 3.8) is 0 Å². The first kappa shape index (κ1) is 16.1. The number of carbonyl (C=O) groups excluding carboxylic acids is 1. The number of hydrogen-bond acceptors (Lipinski definition) is 4. The van der Waals surface area contributed by atoms with Crippen molar-refractivity contribution in [1.82, 2.24) is 15.1 Å². The van der Waals surface area contributed by atoms with Crippen molar-refractivity contribution in [3.8, 4) is 0 Å². The second kappa shape index (κ2) is 7.70. The van der Waals surface area contributed by atoms with E-state index in [4.69, 9.17) is 0 Å². The number of likely N-dealkylation sites (tertiary alicyclic amines) is 1. The second-order valence-electron chi connectivity index (χ2n) is 6.13. The highest BCUT2D eigenvalue weighted by atomic mass is 32.2. The van der Waals surface area contributed by atoms with Crippen LogP contribution in [0.4, 0.5) is 4.79 Å². The molecule has 1 aromatic heterocycles. The summed E-state index contributed by atoms with van der Waals surface area (Å²) in [4.78, 5) is 18.1. The molecule has 0 bridgehead atoms. The number of nitrogens with one attached hydrogen (secondary N) is 1. The van der Waals surface area contributed by atoms with Gasteiger partial charge in [0.1, 0.15) is 0 Å². The minimum Gasteiger partial charge on any atom is -0.338 e. The summed E-state index contributed by atoms with van der Waals surface area (Å²) in [5.41, 5.74) is 0. The Bertz CT molecular complexity index is 474. The Labute approximate surface area is 141 Å². The van der Waals surface area contributed by atoms with Crippen LogP contribution in [0.5, 0.6) is 0 Å². The fraction of sp³-hybridized carbons (Fsp3) is 0.688. The van der Waals surface area contributed by atoms with Crippen molar-refractivity contribution < 1.29 is 4.79 Å². The lowest BCUT2D eigenvalue weighted by atomic mass is 9.88. The van der Waals surface area contributed by atoms with Crippen LogP contribution >= 0.6 is 23.1 Å². The van der Waals surface area contributed by atoms with Gasteiger partial charge in [0, 0.05) is 42.1 Å². The summed E-state index contributed by atoms with van der Waals surface area (Å²) in [6.07, 6.45) is 2.42. The highest BCUT2D eigenvalue weighted by molar-refractivity contribution is 7.99. The van der Waals surface area contributed by atoms with Gasteiger partial charge in [0.25, 0.3) is 0 Å². The fourth-order valence-electron chi connectivity index (χ4n) is 3.48. The first-order valence-electron chi connectivity index (χ1n) is 8.10. The molecule has 0 saturated carbocycles. The third kappa shape index (κ3) is 3.78. The number of hydrogen-bond donors (Lipinski definition) is 1. The van der Waals surface area contributed by atoms with E-state index < -0.39 is 0 Å². The Morgan fingerprint density at radius 1 is 1.36 bits per heavy atom. The van der Waals surface area contributed by atoms with E-state index in [9.17, 15) is 4.79 Å². The van der Waals surface area contributed by atoms with E-state index in [0.29, 0.717) is 12.0 Å². The first-order valence-corrected chi connectivity index (χ1v) is 10.1. The van der Waals surface area contributed by atoms with Gasteiger partial charge in [-0.2, -0.15) is 11.8 Å². The average molecular weight is 340 g/mol. The SMILES string of the molecule is CN1CCC[C@@H](CNC(=O)N2CCSCC2)[C@H]1c1cccs1. The second-order valence-corrected chi connectivity index (χ2v) is 8.33. The van der Waals surface area contributed by atoms with Crippen molar-refractivity contribution in [2.45, 2.75) is 18.9 Å². The summed E-state index contributed by atoms with van der Waals surface area (Å²) < 4.78 is 0. The van der Waals surface area contributed by atoms with Crippen LogP contribution in [0, 0.1) is 5.92 Å². The summed E-state index contributed by atoms with van der Waals surface area (Å²) in [6.45, 7) is 3.70. The Morgan fingerprint density at radius 3 is 2.91 bits per heavy atom. The maximum Gasteiger partial charge on any atom is 0.317 e. The molecule has 2 aliphatic heterocycles. The third-order valence-corrected chi connectivity index (χ3v) is 6.54. The number of thioether (sulfide) groups is 1. The molecular formula is C16H25N3OS2. The Hall–Kier alpha value is -0.720. The fourth-order valence-corrected chi connectivity index (χ4v) is 5.37. The zero-order valence-electron chi connectivity index (χ0n) is 13.2. The van der Waals surface area contributed by atoms with Crippen molar-refractivity contribution in [2.24, 2.45) is 5.92 Å². The quantitative estimate of drug-likeness (QED) is 0.920. The maximum atomic E-state index is 12.3. The molecule has 0 aromatic carbocycles. The molecule has 4 nitrogen and oxygen atoms in total. The highest BCUT2D eigenvalue weighted by Crippen LogP contribution is 2.36. The van der Waals surface area contributed by atoms with Crippen molar-refractivity contribution >= 4 is 29.1 Å². The monoisotopic (exact) mass is 339 g/mol. The van der Waals surface area contributed by atoms with Crippen molar-refractivity contribution in [2.75, 3.05) is 44.7 Å². The molecular weight excluding hydrogens is 314 g/mol. The van der Waals surface area contributed by atoms with Gasteiger partial charge >= 0.3 is 6.03 Å². The first-order chi connectivity index (χ1) is 10.8. The van der Waals surface area contributed by atoms with Gasteiger partial charge in [-0.3, -0.25) is 4.90 Å². The molecule has 3 rings (SSSR count). The van der Waals surface area contributed by atoms with Gasteiger partial charge in [-0.15, -0.1) is 11.3 Å². The van der Waals surface area contributed by atoms with E-state index in [1.165, 1.54) is 17.7 Å². The van der Waals surface area contributed by atoms with E-state index in [1.807, 2.05) is 28.0 Å². The van der Waals surface area contributed by atoms with E-state index in [0.717, 1.165) is 37.7 Å².